The molecule has 7 nitrogen and oxygen atoms in total. The molecule has 0 bridgehead atoms. The number of hydrogen-bond donors (Lipinski definition) is 1. The van der Waals surface area contributed by atoms with Crippen molar-refractivity contribution in [1.29, 1.82) is 0 Å². The highest BCUT2D eigenvalue weighted by molar-refractivity contribution is 9.10. The lowest BCUT2D eigenvalue weighted by atomic mass is 10.2. The van der Waals surface area contributed by atoms with Crippen LogP contribution in [0.1, 0.15) is 33.2 Å². The Bertz CT molecular complexity index is 1120. The first-order valence-corrected chi connectivity index (χ1v) is 10.7. The number of ether oxygens (including phenoxy) is 2. The fraction of sp³-hybridized carbons (Fsp3) is 0.0909. The van der Waals surface area contributed by atoms with Crippen molar-refractivity contribution in [2.24, 2.45) is 5.10 Å². The molecule has 158 valence electrons. The zero-order valence-electron chi connectivity index (χ0n) is 16.3. The van der Waals surface area contributed by atoms with E-state index in [0.717, 1.165) is 4.47 Å². The maximum absolute atomic E-state index is 12.4. The number of nitrogens with one attached hydrogen (secondary N) is 1. The molecule has 2 aromatic carbocycles. The second-order valence-electron chi connectivity index (χ2n) is 6.13. The highest BCUT2D eigenvalue weighted by Crippen LogP contribution is 2.29. The summed E-state index contributed by atoms with van der Waals surface area (Å²) >= 11 is 6.60. The van der Waals surface area contributed by atoms with E-state index in [1.165, 1.54) is 12.4 Å². The Morgan fingerprint density at radius 1 is 1.00 bits per heavy atom. The summed E-state index contributed by atoms with van der Waals surface area (Å²) in [6, 6.07) is 13.5. The molecular formula is C22H17Br2N3O4. The number of halogens is 2. The van der Waals surface area contributed by atoms with Gasteiger partial charge in [0.05, 0.1) is 23.9 Å². The van der Waals surface area contributed by atoms with Gasteiger partial charge >= 0.3 is 5.97 Å². The van der Waals surface area contributed by atoms with Gasteiger partial charge in [-0.05, 0) is 76.9 Å². The summed E-state index contributed by atoms with van der Waals surface area (Å²) in [5.41, 5.74) is 3.88. The van der Waals surface area contributed by atoms with E-state index in [9.17, 15) is 9.59 Å². The lowest BCUT2D eigenvalue weighted by molar-refractivity contribution is 0.0728. The number of carbonyl (C=O) groups is 2. The number of aromatic nitrogens is 1. The van der Waals surface area contributed by atoms with Crippen LogP contribution >= 0.6 is 31.9 Å². The van der Waals surface area contributed by atoms with Crippen molar-refractivity contribution >= 4 is 50.0 Å². The zero-order valence-corrected chi connectivity index (χ0v) is 19.5. The van der Waals surface area contributed by atoms with Crippen LogP contribution in [0.3, 0.4) is 0 Å². The SMILES string of the molecule is CCOc1cc(C=NNC(=O)c2cncc(Br)c2)ccc1OC(=O)c1ccc(Br)cc1. The molecule has 0 aliphatic rings. The molecule has 0 aliphatic heterocycles. The number of hydrazone groups is 1. The number of carbonyl (C=O) groups excluding carboxylic acids is 2. The number of benzene rings is 2. The molecule has 0 saturated carbocycles. The van der Waals surface area contributed by atoms with E-state index in [-0.39, 0.29) is 5.75 Å². The molecule has 0 radical (unpaired) electrons. The summed E-state index contributed by atoms with van der Waals surface area (Å²) < 4.78 is 12.6. The van der Waals surface area contributed by atoms with Gasteiger partial charge in [0.2, 0.25) is 0 Å². The van der Waals surface area contributed by atoms with E-state index in [1.807, 2.05) is 6.92 Å². The van der Waals surface area contributed by atoms with Crippen molar-refractivity contribution in [3.63, 3.8) is 0 Å². The first kappa shape index (κ1) is 22.6. The molecule has 0 spiro atoms. The molecule has 0 saturated heterocycles. The van der Waals surface area contributed by atoms with Crippen molar-refractivity contribution in [2.75, 3.05) is 6.61 Å². The van der Waals surface area contributed by atoms with E-state index >= 15 is 0 Å². The molecule has 31 heavy (non-hydrogen) atoms. The van der Waals surface area contributed by atoms with E-state index in [0.29, 0.717) is 33.5 Å². The standard InChI is InChI=1S/C22H17Br2N3O4/c1-2-30-20-9-14(11-26-27-21(28)16-10-18(24)13-25-12-16)3-8-19(20)31-22(29)15-4-6-17(23)7-5-15/h3-13H,2H2,1H3,(H,27,28). The molecule has 1 heterocycles. The highest BCUT2D eigenvalue weighted by Gasteiger charge is 2.13. The van der Waals surface area contributed by atoms with Crippen LogP contribution in [-0.4, -0.2) is 29.7 Å². The van der Waals surface area contributed by atoms with E-state index in [2.05, 4.69) is 47.4 Å². The van der Waals surface area contributed by atoms with Gasteiger partial charge in [-0.1, -0.05) is 15.9 Å². The van der Waals surface area contributed by atoms with Crippen LogP contribution in [0.25, 0.3) is 0 Å². The van der Waals surface area contributed by atoms with Crippen LogP contribution < -0.4 is 14.9 Å². The quantitative estimate of drug-likeness (QED) is 0.195. The van der Waals surface area contributed by atoms with Gasteiger partial charge in [-0.3, -0.25) is 9.78 Å². The topological polar surface area (TPSA) is 89.9 Å². The molecule has 3 aromatic rings. The van der Waals surface area contributed by atoms with E-state index in [4.69, 9.17) is 9.47 Å². The van der Waals surface area contributed by atoms with Crippen LogP contribution in [0.5, 0.6) is 11.5 Å². The Morgan fingerprint density at radius 3 is 2.48 bits per heavy atom. The van der Waals surface area contributed by atoms with Gasteiger partial charge in [0, 0.05) is 21.3 Å². The summed E-state index contributed by atoms with van der Waals surface area (Å²) in [7, 11) is 0. The molecule has 1 aromatic heterocycles. The van der Waals surface area contributed by atoms with Crippen molar-refractivity contribution in [3.8, 4) is 11.5 Å². The number of pyridine rings is 1. The molecule has 1 amide bonds. The zero-order chi connectivity index (χ0) is 22.2. The molecule has 0 aliphatic carbocycles. The van der Waals surface area contributed by atoms with Crippen molar-refractivity contribution in [2.45, 2.75) is 6.92 Å². The minimum absolute atomic E-state index is 0.288. The maximum atomic E-state index is 12.4. The van der Waals surface area contributed by atoms with Gasteiger partial charge < -0.3 is 9.47 Å². The Balaban J connectivity index is 1.70. The highest BCUT2D eigenvalue weighted by atomic mass is 79.9. The number of esters is 1. The van der Waals surface area contributed by atoms with Gasteiger partial charge in [0.1, 0.15) is 0 Å². The Labute approximate surface area is 195 Å². The van der Waals surface area contributed by atoms with Gasteiger partial charge in [-0.2, -0.15) is 5.10 Å². The predicted molar refractivity (Wildman–Crippen MR) is 124 cm³/mol. The third-order valence-corrected chi connectivity index (χ3v) is 4.86. The Hall–Kier alpha value is -3.04. The van der Waals surface area contributed by atoms with Gasteiger partial charge in [-0.25, -0.2) is 10.2 Å². The molecule has 3 rings (SSSR count). The number of amides is 1. The van der Waals surface area contributed by atoms with Crippen LogP contribution in [0, 0.1) is 0 Å². The van der Waals surface area contributed by atoms with Crippen molar-refractivity contribution in [3.05, 3.63) is 86.6 Å². The molecule has 0 fully saturated rings. The Morgan fingerprint density at radius 2 is 1.77 bits per heavy atom. The van der Waals surface area contributed by atoms with Crippen LogP contribution in [-0.2, 0) is 0 Å². The maximum Gasteiger partial charge on any atom is 0.343 e. The van der Waals surface area contributed by atoms with E-state index in [1.54, 1.807) is 54.7 Å². The number of nitrogens with zero attached hydrogens (tertiary/aromatic N) is 2. The number of hydrogen-bond acceptors (Lipinski definition) is 6. The van der Waals surface area contributed by atoms with Gasteiger partial charge in [0.25, 0.3) is 5.91 Å². The molecular weight excluding hydrogens is 530 g/mol. The van der Waals surface area contributed by atoms with Crippen LogP contribution in [0.2, 0.25) is 0 Å². The molecule has 1 N–H and O–H groups in total. The van der Waals surface area contributed by atoms with Gasteiger partial charge in [-0.15, -0.1) is 0 Å². The third-order valence-electron chi connectivity index (χ3n) is 3.90. The smallest absolute Gasteiger partial charge is 0.343 e. The summed E-state index contributed by atoms with van der Waals surface area (Å²) in [5, 5.41) is 3.96. The number of rotatable bonds is 7. The van der Waals surface area contributed by atoms with E-state index < -0.39 is 11.9 Å². The van der Waals surface area contributed by atoms with Gasteiger partial charge in [0.15, 0.2) is 11.5 Å². The monoisotopic (exact) mass is 545 g/mol. The first-order chi connectivity index (χ1) is 15.0. The second-order valence-corrected chi connectivity index (χ2v) is 7.96. The average molecular weight is 547 g/mol. The Kier molecular flexibility index (Phi) is 7.91. The minimum atomic E-state index is -0.496. The predicted octanol–water partition coefficient (Wildman–Crippen LogP) is 4.99. The minimum Gasteiger partial charge on any atom is -0.490 e. The average Bonchev–Trinajstić information content (AvgIpc) is 2.76. The largest absolute Gasteiger partial charge is 0.490 e. The fourth-order valence-electron chi connectivity index (χ4n) is 2.47. The first-order valence-electron chi connectivity index (χ1n) is 9.15. The van der Waals surface area contributed by atoms with Crippen LogP contribution in [0.15, 0.2) is 75.0 Å². The summed E-state index contributed by atoms with van der Waals surface area (Å²) in [4.78, 5) is 28.5. The normalized spacial score (nSPS) is 10.7. The molecule has 0 atom stereocenters. The summed E-state index contributed by atoms with van der Waals surface area (Å²) in [5.74, 6) is -0.213. The van der Waals surface area contributed by atoms with Crippen molar-refractivity contribution in [1.82, 2.24) is 10.4 Å². The second kappa shape index (κ2) is 10.8. The third kappa shape index (κ3) is 6.47. The van der Waals surface area contributed by atoms with Crippen LogP contribution in [0.4, 0.5) is 0 Å². The summed E-state index contributed by atoms with van der Waals surface area (Å²) in [6.07, 6.45) is 4.49. The summed E-state index contributed by atoms with van der Waals surface area (Å²) in [6.45, 7) is 2.21. The fourth-order valence-corrected chi connectivity index (χ4v) is 3.10. The lowest BCUT2D eigenvalue weighted by Crippen LogP contribution is -2.17. The molecule has 0 unspecified atom stereocenters. The van der Waals surface area contributed by atoms with Crippen molar-refractivity contribution < 1.29 is 19.1 Å². The lowest BCUT2D eigenvalue weighted by Gasteiger charge is -2.11. The molecule has 9 heteroatoms.